The number of imidazole rings is 1. The Morgan fingerprint density at radius 3 is 2.62 bits per heavy atom. The molecule has 1 heterocycles. The van der Waals surface area contributed by atoms with Gasteiger partial charge in [-0.3, -0.25) is 0 Å². The summed E-state index contributed by atoms with van der Waals surface area (Å²) in [5.74, 6) is 0. The van der Waals surface area contributed by atoms with Gasteiger partial charge in [-0.25, -0.2) is 4.98 Å². The van der Waals surface area contributed by atoms with Crippen molar-refractivity contribution in [3.05, 3.63) is 42.4 Å². The smallest absolute Gasteiger partial charge is 0.0954 e. The zero-order valence-electron chi connectivity index (χ0n) is 9.56. The molecule has 0 aliphatic carbocycles. The van der Waals surface area contributed by atoms with Gasteiger partial charge in [0.25, 0.3) is 0 Å². The highest BCUT2D eigenvalue weighted by atomic mass is 15.0. The van der Waals surface area contributed by atoms with E-state index in [2.05, 4.69) is 36.2 Å². The van der Waals surface area contributed by atoms with E-state index in [0.29, 0.717) is 6.54 Å². The average Bonchev–Trinajstić information content (AvgIpc) is 2.78. The van der Waals surface area contributed by atoms with E-state index in [0.717, 1.165) is 24.2 Å². The first-order valence-corrected chi connectivity index (χ1v) is 5.64. The van der Waals surface area contributed by atoms with Gasteiger partial charge >= 0.3 is 0 Å². The predicted molar refractivity (Wildman–Crippen MR) is 66.1 cm³/mol. The van der Waals surface area contributed by atoms with Crippen LogP contribution in [0.3, 0.4) is 0 Å². The summed E-state index contributed by atoms with van der Waals surface area (Å²) in [6.45, 7) is 3.62. The molecule has 0 aliphatic heterocycles. The molecular weight excluding hydrogens is 198 g/mol. The predicted octanol–water partition coefficient (Wildman–Crippen LogP) is 2.07. The molecule has 0 amide bonds. The van der Waals surface area contributed by atoms with Gasteiger partial charge in [-0.1, -0.05) is 31.2 Å². The molecule has 3 heteroatoms. The van der Waals surface area contributed by atoms with Crippen LogP contribution in [0.2, 0.25) is 0 Å². The fraction of sp³-hybridized carbons (Fsp3) is 0.308. The third-order valence-electron chi connectivity index (χ3n) is 2.68. The Balaban J connectivity index is 2.21. The fourth-order valence-corrected chi connectivity index (χ4v) is 1.69. The van der Waals surface area contributed by atoms with Gasteiger partial charge in [0.05, 0.1) is 12.0 Å². The summed E-state index contributed by atoms with van der Waals surface area (Å²) in [5.41, 5.74) is 9.02. The normalized spacial score (nSPS) is 10.6. The number of rotatable bonds is 4. The summed E-state index contributed by atoms with van der Waals surface area (Å²) in [6.07, 6.45) is 4.94. The highest BCUT2D eigenvalue weighted by Gasteiger charge is 2.01. The first-order valence-electron chi connectivity index (χ1n) is 5.64. The van der Waals surface area contributed by atoms with Crippen LogP contribution in [0.1, 0.15) is 12.5 Å². The molecule has 2 rings (SSSR count). The quantitative estimate of drug-likeness (QED) is 0.848. The van der Waals surface area contributed by atoms with E-state index in [1.54, 1.807) is 0 Å². The number of hydrogen-bond acceptors (Lipinski definition) is 2. The summed E-state index contributed by atoms with van der Waals surface area (Å²) < 4.78 is 2.02. The molecule has 2 N–H and O–H groups in total. The lowest BCUT2D eigenvalue weighted by atomic mass is 10.1. The van der Waals surface area contributed by atoms with E-state index in [1.165, 1.54) is 5.56 Å². The second kappa shape index (κ2) is 4.94. The molecule has 84 valence electrons. The van der Waals surface area contributed by atoms with Crippen molar-refractivity contribution in [1.29, 1.82) is 0 Å². The van der Waals surface area contributed by atoms with Gasteiger partial charge in [-0.2, -0.15) is 0 Å². The van der Waals surface area contributed by atoms with Gasteiger partial charge in [0.1, 0.15) is 0 Å². The second-order valence-corrected chi connectivity index (χ2v) is 3.84. The molecular formula is C13H17N3. The lowest BCUT2D eigenvalue weighted by Gasteiger charge is -1.99. The SMILES string of the molecule is CCc1ccc(-c2cn(CCN)cn2)cc1. The van der Waals surface area contributed by atoms with Crippen molar-refractivity contribution < 1.29 is 0 Å². The first kappa shape index (κ1) is 10.9. The van der Waals surface area contributed by atoms with Gasteiger partial charge in [0, 0.05) is 24.8 Å². The standard InChI is InChI=1S/C13H17N3/c1-2-11-3-5-12(6-4-11)13-9-16(8-7-14)10-15-13/h3-6,9-10H,2,7-8,14H2,1H3. The summed E-state index contributed by atoms with van der Waals surface area (Å²) in [4.78, 5) is 4.37. The van der Waals surface area contributed by atoms with Crippen LogP contribution >= 0.6 is 0 Å². The van der Waals surface area contributed by atoms with E-state index < -0.39 is 0 Å². The van der Waals surface area contributed by atoms with E-state index in [1.807, 2.05) is 17.1 Å². The number of aryl methyl sites for hydroxylation is 1. The number of benzene rings is 1. The molecule has 0 aliphatic rings. The molecule has 0 saturated heterocycles. The molecule has 0 spiro atoms. The molecule has 0 saturated carbocycles. The number of nitrogens with zero attached hydrogens (tertiary/aromatic N) is 2. The molecule has 2 aromatic rings. The molecule has 0 unspecified atom stereocenters. The number of hydrogen-bond donors (Lipinski definition) is 1. The Kier molecular flexibility index (Phi) is 3.37. The first-order chi connectivity index (χ1) is 7.83. The van der Waals surface area contributed by atoms with Crippen LogP contribution in [0.25, 0.3) is 11.3 Å². The highest BCUT2D eigenvalue weighted by molar-refractivity contribution is 5.58. The Bertz CT molecular complexity index is 442. The lowest BCUT2D eigenvalue weighted by Crippen LogP contribution is -2.07. The van der Waals surface area contributed by atoms with Crippen LogP contribution in [-0.2, 0) is 13.0 Å². The molecule has 16 heavy (non-hydrogen) atoms. The summed E-state index contributed by atoms with van der Waals surface area (Å²) in [5, 5.41) is 0. The molecule has 1 aromatic carbocycles. The van der Waals surface area contributed by atoms with Gasteiger partial charge in [0.15, 0.2) is 0 Å². The summed E-state index contributed by atoms with van der Waals surface area (Å²) >= 11 is 0. The Labute approximate surface area is 95.9 Å². The molecule has 0 bridgehead atoms. The van der Waals surface area contributed by atoms with Gasteiger partial charge in [-0.15, -0.1) is 0 Å². The zero-order chi connectivity index (χ0) is 11.4. The van der Waals surface area contributed by atoms with Crippen molar-refractivity contribution in [2.24, 2.45) is 5.73 Å². The zero-order valence-corrected chi connectivity index (χ0v) is 9.56. The third-order valence-corrected chi connectivity index (χ3v) is 2.68. The van der Waals surface area contributed by atoms with E-state index in [4.69, 9.17) is 5.73 Å². The van der Waals surface area contributed by atoms with Crippen LogP contribution in [0, 0.1) is 0 Å². The Hall–Kier alpha value is -1.61. The van der Waals surface area contributed by atoms with Crippen LogP contribution in [0.5, 0.6) is 0 Å². The summed E-state index contributed by atoms with van der Waals surface area (Å²) in [7, 11) is 0. The molecule has 0 radical (unpaired) electrons. The second-order valence-electron chi connectivity index (χ2n) is 3.84. The minimum Gasteiger partial charge on any atom is -0.336 e. The minimum atomic E-state index is 0.643. The van der Waals surface area contributed by atoms with Crippen LogP contribution < -0.4 is 5.73 Å². The maximum atomic E-state index is 5.50. The average molecular weight is 215 g/mol. The maximum Gasteiger partial charge on any atom is 0.0954 e. The number of aromatic nitrogens is 2. The molecule has 0 fully saturated rings. The van der Waals surface area contributed by atoms with E-state index in [-0.39, 0.29) is 0 Å². The van der Waals surface area contributed by atoms with Crippen molar-refractivity contribution in [1.82, 2.24) is 9.55 Å². The van der Waals surface area contributed by atoms with Crippen LogP contribution in [0.15, 0.2) is 36.8 Å². The van der Waals surface area contributed by atoms with Crippen LogP contribution in [-0.4, -0.2) is 16.1 Å². The maximum absolute atomic E-state index is 5.50. The molecule has 3 nitrogen and oxygen atoms in total. The van der Waals surface area contributed by atoms with Gasteiger partial charge in [-0.05, 0) is 12.0 Å². The Morgan fingerprint density at radius 2 is 2.00 bits per heavy atom. The highest BCUT2D eigenvalue weighted by Crippen LogP contribution is 2.17. The topological polar surface area (TPSA) is 43.8 Å². The number of nitrogens with two attached hydrogens (primary N) is 1. The molecule has 0 atom stereocenters. The van der Waals surface area contributed by atoms with Crippen LogP contribution in [0.4, 0.5) is 0 Å². The summed E-state index contributed by atoms with van der Waals surface area (Å²) in [6, 6.07) is 8.54. The van der Waals surface area contributed by atoms with E-state index in [9.17, 15) is 0 Å². The van der Waals surface area contributed by atoms with Crippen molar-refractivity contribution in [2.45, 2.75) is 19.9 Å². The molecule has 1 aromatic heterocycles. The van der Waals surface area contributed by atoms with Crippen molar-refractivity contribution >= 4 is 0 Å². The third kappa shape index (κ3) is 2.31. The fourth-order valence-electron chi connectivity index (χ4n) is 1.69. The Morgan fingerprint density at radius 1 is 1.25 bits per heavy atom. The van der Waals surface area contributed by atoms with Gasteiger partial charge in [0.2, 0.25) is 0 Å². The monoisotopic (exact) mass is 215 g/mol. The van der Waals surface area contributed by atoms with E-state index >= 15 is 0 Å². The minimum absolute atomic E-state index is 0.643. The van der Waals surface area contributed by atoms with Crippen molar-refractivity contribution in [2.75, 3.05) is 6.54 Å². The van der Waals surface area contributed by atoms with Crippen molar-refractivity contribution in [3.8, 4) is 11.3 Å². The lowest BCUT2D eigenvalue weighted by molar-refractivity contribution is 0.708. The van der Waals surface area contributed by atoms with Gasteiger partial charge < -0.3 is 10.3 Å². The largest absolute Gasteiger partial charge is 0.336 e. The van der Waals surface area contributed by atoms with Crippen molar-refractivity contribution in [3.63, 3.8) is 0 Å².